The van der Waals surface area contributed by atoms with Crippen molar-refractivity contribution >= 4 is 17.3 Å². The van der Waals surface area contributed by atoms with Gasteiger partial charge in [-0.2, -0.15) is 0 Å². The molecule has 0 aromatic heterocycles. The summed E-state index contributed by atoms with van der Waals surface area (Å²) < 4.78 is 0. The molecule has 0 aromatic rings. The zero-order valence-electron chi connectivity index (χ0n) is 18.0. The standard InChI is InChI=1S/C20H39N3O5S/c1-19(2,3)10-20(4,5)15(26)8-14(25)12(23-18(21)29)9-22-11-6-7-13(24)17(28)16(11)27/h6-7,11-17,22,24-28H,8-10H2,1-5H3,(H3,21,23,29). The van der Waals surface area contributed by atoms with Gasteiger partial charge in [0.25, 0.3) is 0 Å². The smallest absolute Gasteiger partial charge is 0.163 e. The van der Waals surface area contributed by atoms with Gasteiger partial charge in [0.05, 0.1) is 24.3 Å². The Morgan fingerprint density at radius 2 is 1.66 bits per heavy atom. The van der Waals surface area contributed by atoms with E-state index in [1.807, 2.05) is 13.8 Å². The first-order valence-electron chi connectivity index (χ1n) is 10.0. The minimum atomic E-state index is -1.30. The molecule has 29 heavy (non-hydrogen) atoms. The Hall–Kier alpha value is -0.810. The average molecular weight is 434 g/mol. The highest BCUT2D eigenvalue weighted by atomic mass is 32.1. The van der Waals surface area contributed by atoms with Crippen LogP contribution in [0, 0.1) is 10.8 Å². The van der Waals surface area contributed by atoms with Crippen LogP contribution in [-0.2, 0) is 0 Å². The molecule has 0 radical (unpaired) electrons. The lowest BCUT2D eigenvalue weighted by Crippen LogP contribution is -2.57. The van der Waals surface area contributed by atoms with Gasteiger partial charge in [-0.3, -0.25) is 0 Å². The summed E-state index contributed by atoms with van der Waals surface area (Å²) in [6, 6.07) is -1.23. The quantitative estimate of drug-likeness (QED) is 0.176. The topological polar surface area (TPSA) is 151 Å². The largest absolute Gasteiger partial charge is 0.392 e. The molecule has 1 aliphatic rings. The molecule has 8 nitrogen and oxygen atoms in total. The van der Waals surface area contributed by atoms with Crippen LogP contribution in [0.2, 0.25) is 0 Å². The highest BCUT2D eigenvalue weighted by Crippen LogP contribution is 2.37. The van der Waals surface area contributed by atoms with Crippen LogP contribution in [0.3, 0.4) is 0 Å². The first kappa shape index (κ1) is 26.2. The fourth-order valence-corrected chi connectivity index (χ4v) is 4.14. The second kappa shape index (κ2) is 10.5. The number of hydrogen-bond acceptors (Lipinski definition) is 7. The molecule has 0 spiro atoms. The Balaban J connectivity index is 2.76. The molecule has 9 N–H and O–H groups in total. The van der Waals surface area contributed by atoms with Crippen LogP contribution >= 0.6 is 12.2 Å². The molecule has 0 aliphatic heterocycles. The van der Waals surface area contributed by atoms with E-state index in [-0.39, 0.29) is 23.5 Å². The van der Waals surface area contributed by atoms with Gasteiger partial charge in [0, 0.05) is 13.0 Å². The van der Waals surface area contributed by atoms with Crippen molar-refractivity contribution in [2.24, 2.45) is 16.6 Å². The first-order valence-corrected chi connectivity index (χ1v) is 10.4. The summed E-state index contributed by atoms with van der Waals surface area (Å²) in [6.45, 7) is 10.4. The summed E-state index contributed by atoms with van der Waals surface area (Å²) in [5.74, 6) is 0. The van der Waals surface area contributed by atoms with Gasteiger partial charge in [0.15, 0.2) is 5.11 Å². The van der Waals surface area contributed by atoms with Crippen molar-refractivity contribution in [1.82, 2.24) is 10.6 Å². The summed E-state index contributed by atoms with van der Waals surface area (Å²) in [7, 11) is 0. The molecule has 0 heterocycles. The second-order valence-electron chi connectivity index (χ2n) is 9.95. The number of hydrogen-bond donors (Lipinski definition) is 8. The van der Waals surface area contributed by atoms with E-state index in [0.29, 0.717) is 0 Å². The maximum absolute atomic E-state index is 10.7. The average Bonchev–Trinajstić information content (AvgIpc) is 2.55. The number of nitrogens with two attached hydrogens (primary N) is 1. The highest BCUT2D eigenvalue weighted by molar-refractivity contribution is 7.80. The summed E-state index contributed by atoms with van der Waals surface area (Å²) >= 11 is 4.91. The van der Waals surface area contributed by atoms with Gasteiger partial charge >= 0.3 is 0 Å². The number of rotatable bonds is 9. The Morgan fingerprint density at radius 1 is 1.07 bits per heavy atom. The van der Waals surface area contributed by atoms with Crippen LogP contribution < -0.4 is 16.4 Å². The van der Waals surface area contributed by atoms with E-state index in [2.05, 4.69) is 31.4 Å². The maximum atomic E-state index is 10.7. The van der Waals surface area contributed by atoms with E-state index < -0.39 is 48.0 Å². The highest BCUT2D eigenvalue weighted by Gasteiger charge is 2.36. The van der Waals surface area contributed by atoms with Crippen molar-refractivity contribution in [2.75, 3.05) is 6.54 Å². The number of nitrogens with one attached hydrogen (secondary N) is 2. The SMILES string of the molecule is CC(C)(C)CC(C)(C)C(O)CC(O)C(CNC1C=CC(O)C(O)C1O)NC(N)=S. The van der Waals surface area contributed by atoms with E-state index in [0.717, 1.165) is 6.42 Å². The van der Waals surface area contributed by atoms with Crippen molar-refractivity contribution in [3.8, 4) is 0 Å². The minimum absolute atomic E-state index is 0.00878. The molecule has 0 saturated carbocycles. The molecule has 1 aliphatic carbocycles. The number of aliphatic hydroxyl groups is 5. The van der Waals surface area contributed by atoms with Crippen molar-refractivity contribution in [3.63, 3.8) is 0 Å². The van der Waals surface area contributed by atoms with E-state index in [9.17, 15) is 25.5 Å². The molecule has 1 rings (SSSR count). The van der Waals surface area contributed by atoms with Crippen LogP contribution in [-0.4, -0.2) is 79.8 Å². The third kappa shape index (κ3) is 8.45. The van der Waals surface area contributed by atoms with Crippen LogP contribution in [0.25, 0.3) is 0 Å². The van der Waals surface area contributed by atoms with E-state index in [1.54, 1.807) is 6.08 Å². The Morgan fingerprint density at radius 3 is 2.17 bits per heavy atom. The lowest BCUT2D eigenvalue weighted by atomic mass is 9.71. The zero-order chi connectivity index (χ0) is 22.6. The summed E-state index contributed by atoms with van der Waals surface area (Å²) in [4.78, 5) is 0. The zero-order valence-corrected chi connectivity index (χ0v) is 18.9. The summed E-state index contributed by atoms with van der Waals surface area (Å²) in [6.07, 6.45) is -1.47. The summed E-state index contributed by atoms with van der Waals surface area (Å²) in [5, 5.41) is 56.8. The van der Waals surface area contributed by atoms with E-state index >= 15 is 0 Å². The number of thiocarbonyl (C=S) groups is 1. The predicted molar refractivity (Wildman–Crippen MR) is 117 cm³/mol. The molecule has 0 fully saturated rings. The molecule has 0 aromatic carbocycles. The monoisotopic (exact) mass is 433 g/mol. The van der Waals surface area contributed by atoms with Gasteiger partial charge in [-0.1, -0.05) is 46.8 Å². The van der Waals surface area contributed by atoms with Gasteiger partial charge in [0.1, 0.15) is 18.3 Å². The molecular formula is C20H39N3O5S. The third-order valence-corrected chi connectivity index (χ3v) is 5.42. The lowest BCUT2D eigenvalue weighted by molar-refractivity contribution is -0.0575. The third-order valence-electron chi connectivity index (χ3n) is 5.30. The first-order chi connectivity index (χ1) is 13.1. The van der Waals surface area contributed by atoms with Gasteiger partial charge in [-0.15, -0.1) is 0 Å². The van der Waals surface area contributed by atoms with Crippen molar-refractivity contribution in [3.05, 3.63) is 12.2 Å². The van der Waals surface area contributed by atoms with Gasteiger partial charge in [-0.25, -0.2) is 0 Å². The lowest BCUT2D eigenvalue weighted by Gasteiger charge is -2.38. The van der Waals surface area contributed by atoms with Crippen molar-refractivity contribution in [2.45, 2.75) is 90.1 Å². The van der Waals surface area contributed by atoms with E-state index in [1.165, 1.54) is 6.08 Å². The Kier molecular flexibility index (Phi) is 9.48. The molecule has 7 unspecified atom stereocenters. The van der Waals surface area contributed by atoms with Crippen LogP contribution in [0.1, 0.15) is 47.5 Å². The molecule has 0 bridgehead atoms. The van der Waals surface area contributed by atoms with Gasteiger partial charge in [-0.05, 0) is 29.5 Å². The van der Waals surface area contributed by atoms with Crippen molar-refractivity contribution in [1.29, 1.82) is 0 Å². The summed E-state index contributed by atoms with van der Waals surface area (Å²) in [5.41, 5.74) is 5.22. The van der Waals surface area contributed by atoms with E-state index in [4.69, 9.17) is 18.0 Å². The molecule has 0 saturated heterocycles. The minimum Gasteiger partial charge on any atom is -0.392 e. The molecule has 9 heteroatoms. The fraction of sp³-hybridized carbons (Fsp3) is 0.850. The van der Waals surface area contributed by atoms with Crippen molar-refractivity contribution < 1.29 is 25.5 Å². The number of aliphatic hydroxyl groups excluding tert-OH is 5. The normalized spacial score (nSPS) is 28.6. The predicted octanol–water partition coefficient (Wildman–Crippen LogP) is -0.627. The van der Waals surface area contributed by atoms with Crippen LogP contribution in [0.5, 0.6) is 0 Å². The second-order valence-corrected chi connectivity index (χ2v) is 10.4. The van der Waals surface area contributed by atoms with Crippen LogP contribution in [0.4, 0.5) is 0 Å². The molecule has 170 valence electrons. The molecular weight excluding hydrogens is 394 g/mol. The maximum Gasteiger partial charge on any atom is 0.163 e. The van der Waals surface area contributed by atoms with Crippen LogP contribution in [0.15, 0.2) is 12.2 Å². The molecule has 0 amide bonds. The van der Waals surface area contributed by atoms with Gasteiger partial charge < -0.3 is 41.9 Å². The fourth-order valence-electron chi connectivity index (χ4n) is 3.99. The Bertz CT molecular complexity index is 567. The van der Waals surface area contributed by atoms with Gasteiger partial charge in [0.2, 0.25) is 0 Å². The Labute approximate surface area is 179 Å². The molecule has 7 atom stereocenters.